The predicted molar refractivity (Wildman–Crippen MR) is 75.5 cm³/mol. The van der Waals surface area contributed by atoms with Crippen LogP contribution in [-0.4, -0.2) is 22.2 Å². The molecule has 1 heterocycles. The van der Waals surface area contributed by atoms with Crippen molar-refractivity contribution in [1.82, 2.24) is 4.57 Å². The van der Waals surface area contributed by atoms with Gasteiger partial charge in [0.25, 0.3) is 0 Å². The molecule has 0 atom stereocenters. The Morgan fingerprint density at radius 3 is 2.84 bits per heavy atom. The summed E-state index contributed by atoms with van der Waals surface area (Å²) >= 11 is 0. The van der Waals surface area contributed by atoms with Gasteiger partial charge in [0, 0.05) is 35.3 Å². The number of fused-ring (bicyclic) bond motifs is 1. The van der Waals surface area contributed by atoms with Crippen molar-refractivity contribution in [1.29, 1.82) is 0 Å². The lowest BCUT2D eigenvalue weighted by Gasteiger charge is -2.03. The van der Waals surface area contributed by atoms with E-state index < -0.39 is 5.97 Å². The van der Waals surface area contributed by atoms with Gasteiger partial charge in [-0.1, -0.05) is 0 Å². The summed E-state index contributed by atoms with van der Waals surface area (Å²) in [5, 5.41) is 9.77. The number of hydrogen-bond donors (Lipinski definition) is 1. The number of carbonyl (C=O) groups is 1. The first kappa shape index (κ1) is 13.2. The molecule has 0 bridgehead atoms. The van der Waals surface area contributed by atoms with Crippen molar-refractivity contribution in [2.75, 3.05) is 6.61 Å². The fourth-order valence-corrected chi connectivity index (χ4v) is 2.20. The Hall–Kier alpha value is -2.23. The van der Waals surface area contributed by atoms with Gasteiger partial charge in [0.1, 0.15) is 5.75 Å². The molecular weight excluding hydrogens is 242 g/mol. The van der Waals surface area contributed by atoms with Crippen LogP contribution < -0.4 is 4.74 Å². The van der Waals surface area contributed by atoms with Crippen LogP contribution in [0.3, 0.4) is 0 Å². The van der Waals surface area contributed by atoms with E-state index in [1.165, 1.54) is 0 Å². The lowest BCUT2D eigenvalue weighted by Crippen LogP contribution is -1.92. The number of carboxylic acids is 1. The second-order valence-electron chi connectivity index (χ2n) is 4.34. The van der Waals surface area contributed by atoms with Crippen molar-refractivity contribution < 1.29 is 14.6 Å². The van der Waals surface area contributed by atoms with E-state index in [9.17, 15) is 4.79 Å². The maximum atomic E-state index is 10.7. The zero-order valence-electron chi connectivity index (χ0n) is 11.3. The predicted octanol–water partition coefficient (Wildman–Crippen LogP) is 2.98. The fraction of sp³-hybridized carbons (Fsp3) is 0.267. The summed E-state index contributed by atoms with van der Waals surface area (Å²) in [5.74, 6) is -0.150. The van der Waals surface area contributed by atoms with Gasteiger partial charge in [-0.05, 0) is 38.1 Å². The van der Waals surface area contributed by atoms with Crippen LogP contribution in [0, 0.1) is 6.92 Å². The minimum Gasteiger partial charge on any atom is -0.494 e. The molecule has 0 spiro atoms. The molecule has 1 aromatic carbocycles. The van der Waals surface area contributed by atoms with Crippen LogP contribution in [0.5, 0.6) is 5.75 Å². The summed E-state index contributed by atoms with van der Waals surface area (Å²) in [6, 6.07) is 5.87. The average Bonchev–Trinajstić information content (AvgIpc) is 2.60. The number of carboxylic acid groups (broad SMARTS) is 1. The number of aliphatic carboxylic acids is 1. The number of ether oxygens (including phenoxy) is 1. The fourth-order valence-electron chi connectivity index (χ4n) is 2.20. The van der Waals surface area contributed by atoms with Gasteiger partial charge >= 0.3 is 5.97 Å². The summed E-state index contributed by atoms with van der Waals surface area (Å²) in [6.45, 7) is 4.52. The van der Waals surface area contributed by atoms with E-state index in [1.54, 1.807) is 6.08 Å². The Balaban J connectivity index is 2.63. The zero-order chi connectivity index (χ0) is 14.0. The molecule has 100 valence electrons. The van der Waals surface area contributed by atoms with Gasteiger partial charge in [-0.15, -0.1) is 0 Å². The molecular formula is C15H17NO3. The lowest BCUT2D eigenvalue weighted by atomic mass is 10.1. The number of hydrogen-bond acceptors (Lipinski definition) is 2. The smallest absolute Gasteiger partial charge is 0.328 e. The highest BCUT2D eigenvalue weighted by molar-refractivity contribution is 5.95. The molecule has 0 amide bonds. The average molecular weight is 259 g/mol. The van der Waals surface area contributed by atoms with Crippen molar-refractivity contribution in [2.24, 2.45) is 7.05 Å². The highest BCUT2D eigenvalue weighted by Gasteiger charge is 2.10. The van der Waals surface area contributed by atoms with Gasteiger partial charge in [0.15, 0.2) is 0 Å². The van der Waals surface area contributed by atoms with Crippen LogP contribution in [0.15, 0.2) is 24.3 Å². The summed E-state index contributed by atoms with van der Waals surface area (Å²) in [4.78, 5) is 10.7. The number of benzene rings is 1. The topological polar surface area (TPSA) is 51.5 Å². The van der Waals surface area contributed by atoms with Crippen molar-refractivity contribution >= 4 is 22.9 Å². The maximum absolute atomic E-state index is 10.7. The van der Waals surface area contributed by atoms with Crippen LogP contribution in [0.25, 0.3) is 17.0 Å². The van der Waals surface area contributed by atoms with E-state index >= 15 is 0 Å². The molecule has 0 aliphatic carbocycles. The van der Waals surface area contributed by atoms with Crippen molar-refractivity contribution in [3.63, 3.8) is 0 Å². The van der Waals surface area contributed by atoms with Crippen molar-refractivity contribution in [3.8, 4) is 5.75 Å². The van der Waals surface area contributed by atoms with Crippen molar-refractivity contribution in [3.05, 3.63) is 35.5 Å². The molecule has 0 radical (unpaired) electrons. The van der Waals surface area contributed by atoms with E-state index in [1.807, 2.05) is 43.7 Å². The minimum absolute atomic E-state index is 0.609. The molecule has 1 N–H and O–H groups in total. The van der Waals surface area contributed by atoms with E-state index in [0.29, 0.717) is 6.61 Å². The van der Waals surface area contributed by atoms with Crippen LogP contribution in [-0.2, 0) is 11.8 Å². The lowest BCUT2D eigenvalue weighted by molar-refractivity contribution is -0.131. The third-order valence-electron chi connectivity index (χ3n) is 3.22. The van der Waals surface area contributed by atoms with Crippen LogP contribution >= 0.6 is 0 Å². The van der Waals surface area contributed by atoms with Gasteiger partial charge in [-0.2, -0.15) is 0 Å². The van der Waals surface area contributed by atoms with E-state index in [-0.39, 0.29) is 0 Å². The summed E-state index contributed by atoms with van der Waals surface area (Å²) in [7, 11) is 1.97. The third kappa shape index (κ3) is 2.47. The van der Waals surface area contributed by atoms with Gasteiger partial charge in [0.2, 0.25) is 0 Å². The van der Waals surface area contributed by atoms with Crippen LogP contribution in [0.4, 0.5) is 0 Å². The molecule has 0 aliphatic rings. The Morgan fingerprint density at radius 2 is 2.21 bits per heavy atom. The third-order valence-corrected chi connectivity index (χ3v) is 3.22. The standard InChI is InChI=1S/C15H17NO3/c1-4-19-11-5-7-14-13(9-11)12(6-8-15(17)18)10(2)16(14)3/h5-9H,4H2,1-3H3,(H,17,18)/b8-6+. The number of aryl methyl sites for hydroxylation is 1. The maximum Gasteiger partial charge on any atom is 0.328 e. The molecule has 0 saturated heterocycles. The number of nitrogens with zero attached hydrogens (tertiary/aromatic N) is 1. The summed E-state index contributed by atoms with van der Waals surface area (Å²) in [6.07, 6.45) is 2.80. The molecule has 2 rings (SSSR count). The SMILES string of the molecule is CCOc1ccc2c(c1)c(/C=C/C(=O)O)c(C)n2C. The first-order valence-electron chi connectivity index (χ1n) is 6.17. The number of rotatable bonds is 4. The second-order valence-corrected chi connectivity index (χ2v) is 4.34. The second kappa shape index (κ2) is 5.18. The molecule has 0 fully saturated rings. The highest BCUT2D eigenvalue weighted by Crippen LogP contribution is 2.29. The molecule has 2 aromatic rings. The molecule has 0 aliphatic heterocycles. The van der Waals surface area contributed by atoms with E-state index in [0.717, 1.165) is 34.0 Å². The molecule has 4 heteroatoms. The monoisotopic (exact) mass is 259 g/mol. The van der Waals surface area contributed by atoms with Gasteiger partial charge in [0.05, 0.1) is 6.61 Å². The summed E-state index contributed by atoms with van der Waals surface area (Å²) in [5.41, 5.74) is 3.01. The van der Waals surface area contributed by atoms with Crippen LogP contribution in [0.2, 0.25) is 0 Å². The van der Waals surface area contributed by atoms with Gasteiger partial charge in [-0.3, -0.25) is 0 Å². The largest absolute Gasteiger partial charge is 0.494 e. The first-order chi connectivity index (χ1) is 9.04. The normalized spacial score (nSPS) is 11.3. The molecule has 0 unspecified atom stereocenters. The van der Waals surface area contributed by atoms with E-state index in [2.05, 4.69) is 0 Å². The Morgan fingerprint density at radius 1 is 1.47 bits per heavy atom. The minimum atomic E-state index is -0.947. The van der Waals surface area contributed by atoms with Crippen LogP contribution in [0.1, 0.15) is 18.2 Å². The quantitative estimate of drug-likeness (QED) is 0.859. The molecule has 4 nitrogen and oxygen atoms in total. The Kier molecular flexibility index (Phi) is 3.60. The molecule has 19 heavy (non-hydrogen) atoms. The van der Waals surface area contributed by atoms with Crippen molar-refractivity contribution in [2.45, 2.75) is 13.8 Å². The molecule has 1 aromatic heterocycles. The van der Waals surface area contributed by atoms with Gasteiger partial charge in [-0.25, -0.2) is 4.79 Å². The van der Waals surface area contributed by atoms with Gasteiger partial charge < -0.3 is 14.4 Å². The molecule has 0 saturated carbocycles. The van der Waals surface area contributed by atoms with E-state index in [4.69, 9.17) is 9.84 Å². The summed E-state index contributed by atoms with van der Waals surface area (Å²) < 4.78 is 7.54. The Bertz CT molecular complexity index is 653. The Labute approximate surface area is 111 Å². The number of aromatic nitrogens is 1. The zero-order valence-corrected chi connectivity index (χ0v) is 11.3. The first-order valence-corrected chi connectivity index (χ1v) is 6.17. The highest BCUT2D eigenvalue weighted by atomic mass is 16.5.